The van der Waals surface area contributed by atoms with Gasteiger partial charge in [0.05, 0.1) is 12.5 Å². The maximum Gasteiger partial charge on any atom is 0.309 e. The van der Waals surface area contributed by atoms with Crippen molar-refractivity contribution in [3.8, 4) is 0 Å². The van der Waals surface area contributed by atoms with E-state index in [2.05, 4.69) is 6.58 Å². The molecule has 1 unspecified atom stereocenters. The van der Waals surface area contributed by atoms with Crippen molar-refractivity contribution in [3.05, 3.63) is 12.7 Å². The second-order valence-electron chi connectivity index (χ2n) is 4.28. The van der Waals surface area contributed by atoms with Crippen molar-refractivity contribution < 1.29 is 9.53 Å². The average molecular weight is 210 g/mol. The number of esters is 1. The Hall–Kier alpha value is -0.790. The standard InChI is InChI=1S/C13H22O2/c1-3-8-12(13(14)15-4-2)11-9-6-5-7-10-11/h3,11-12H,1,4-10H2,2H3. The van der Waals surface area contributed by atoms with Gasteiger partial charge < -0.3 is 4.74 Å². The molecule has 0 spiro atoms. The highest BCUT2D eigenvalue weighted by molar-refractivity contribution is 5.73. The van der Waals surface area contributed by atoms with E-state index in [0.29, 0.717) is 12.5 Å². The van der Waals surface area contributed by atoms with E-state index in [1.807, 2.05) is 13.0 Å². The van der Waals surface area contributed by atoms with Gasteiger partial charge in [-0.05, 0) is 32.1 Å². The lowest BCUT2D eigenvalue weighted by Gasteiger charge is -2.27. The SMILES string of the molecule is C=CCC(C(=O)OCC)C1CCCCC1. The summed E-state index contributed by atoms with van der Waals surface area (Å²) in [6.07, 6.45) is 8.81. The molecular weight excluding hydrogens is 188 g/mol. The molecule has 0 N–H and O–H groups in total. The van der Waals surface area contributed by atoms with Gasteiger partial charge in [0.25, 0.3) is 0 Å². The molecule has 86 valence electrons. The third kappa shape index (κ3) is 3.69. The van der Waals surface area contributed by atoms with Crippen LogP contribution in [0.25, 0.3) is 0 Å². The van der Waals surface area contributed by atoms with Gasteiger partial charge in [0.2, 0.25) is 0 Å². The molecule has 1 aliphatic rings. The fourth-order valence-electron chi connectivity index (χ4n) is 2.45. The normalized spacial score (nSPS) is 19.5. The Kier molecular flexibility index (Phi) is 5.44. The van der Waals surface area contributed by atoms with Crippen LogP contribution in [0.3, 0.4) is 0 Å². The predicted octanol–water partition coefficient (Wildman–Crippen LogP) is 3.32. The molecule has 0 heterocycles. The number of ether oxygens (including phenoxy) is 1. The smallest absolute Gasteiger partial charge is 0.309 e. The van der Waals surface area contributed by atoms with Crippen LogP contribution in [0.1, 0.15) is 45.4 Å². The van der Waals surface area contributed by atoms with E-state index in [0.717, 1.165) is 6.42 Å². The van der Waals surface area contributed by atoms with Gasteiger partial charge in [-0.1, -0.05) is 25.3 Å². The average Bonchev–Trinajstić information content (AvgIpc) is 2.27. The van der Waals surface area contributed by atoms with Crippen LogP contribution in [-0.2, 0) is 9.53 Å². The highest BCUT2D eigenvalue weighted by atomic mass is 16.5. The van der Waals surface area contributed by atoms with E-state index in [1.165, 1.54) is 32.1 Å². The van der Waals surface area contributed by atoms with Crippen molar-refractivity contribution in [3.63, 3.8) is 0 Å². The van der Waals surface area contributed by atoms with Crippen LogP contribution in [0, 0.1) is 11.8 Å². The minimum absolute atomic E-state index is 0.0238. The van der Waals surface area contributed by atoms with E-state index in [1.54, 1.807) is 0 Å². The number of rotatable bonds is 5. The Labute approximate surface area is 92.7 Å². The van der Waals surface area contributed by atoms with E-state index in [-0.39, 0.29) is 11.9 Å². The Balaban J connectivity index is 2.54. The fourth-order valence-corrected chi connectivity index (χ4v) is 2.45. The van der Waals surface area contributed by atoms with E-state index < -0.39 is 0 Å². The molecule has 1 aliphatic carbocycles. The van der Waals surface area contributed by atoms with Gasteiger partial charge in [0.15, 0.2) is 0 Å². The summed E-state index contributed by atoms with van der Waals surface area (Å²) in [6, 6.07) is 0. The summed E-state index contributed by atoms with van der Waals surface area (Å²) in [6.45, 7) is 6.08. The molecule has 0 aromatic heterocycles. The van der Waals surface area contributed by atoms with E-state index >= 15 is 0 Å². The lowest BCUT2D eigenvalue weighted by Crippen LogP contribution is -2.27. The summed E-state index contributed by atoms with van der Waals surface area (Å²) in [5.41, 5.74) is 0. The van der Waals surface area contributed by atoms with Crippen LogP contribution in [0.5, 0.6) is 0 Å². The number of hydrogen-bond donors (Lipinski definition) is 0. The maximum atomic E-state index is 11.8. The first-order chi connectivity index (χ1) is 7.29. The monoisotopic (exact) mass is 210 g/mol. The van der Waals surface area contributed by atoms with Crippen molar-refractivity contribution in [1.82, 2.24) is 0 Å². The highest BCUT2D eigenvalue weighted by Crippen LogP contribution is 2.32. The van der Waals surface area contributed by atoms with Crippen LogP contribution >= 0.6 is 0 Å². The zero-order chi connectivity index (χ0) is 11.1. The Morgan fingerprint density at radius 2 is 2.13 bits per heavy atom. The summed E-state index contributed by atoms with van der Waals surface area (Å²) < 4.78 is 5.12. The van der Waals surface area contributed by atoms with Crippen LogP contribution in [0.15, 0.2) is 12.7 Å². The van der Waals surface area contributed by atoms with Crippen LogP contribution in [-0.4, -0.2) is 12.6 Å². The molecule has 0 aliphatic heterocycles. The molecule has 0 radical (unpaired) electrons. The van der Waals surface area contributed by atoms with Crippen molar-refractivity contribution in [1.29, 1.82) is 0 Å². The summed E-state index contributed by atoms with van der Waals surface area (Å²) in [7, 11) is 0. The van der Waals surface area contributed by atoms with Gasteiger partial charge in [0.1, 0.15) is 0 Å². The van der Waals surface area contributed by atoms with Crippen molar-refractivity contribution in [2.24, 2.45) is 11.8 Å². The molecule has 1 fully saturated rings. The lowest BCUT2D eigenvalue weighted by molar-refractivity contribution is -0.150. The van der Waals surface area contributed by atoms with Gasteiger partial charge in [0, 0.05) is 0 Å². The Morgan fingerprint density at radius 1 is 1.47 bits per heavy atom. The fraction of sp³-hybridized carbons (Fsp3) is 0.769. The van der Waals surface area contributed by atoms with Gasteiger partial charge in [-0.3, -0.25) is 4.79 Å². The maximum absolute atomic E-state index is 11.8. The molecule has 0 saturated heterocycles. The van der Waals surface area contributed by atoms with E-state index in [9.17, 15) is 4.79 Å². The minimum atomic E-state index is -0.0238. The number of carbonyl (C=O) groups excluding carboxylic acids is 1. The Morgan fingerprint density at radius 3 is 2.67 bits per heavy atom. The molecule has 0 amide bonds. The lowest BCUT2D eigenvalue weighted by atomic mass is 9.78. The zero-order valence-electron chi connectivity index (χ0n) is 9.71. The van der Waals surface area contributed by atoms with Gasteiger partial charge in [-0.25, -0.2) is 0 Å². The molecule has 1 saturated carbocycles. The molecule has 0 aromatic carbocycles. The summed E-state index contributed by atoms with van der Waals surface area (Å²) >= 11 is 0. The topological polar surface area (TPSA) is 26.3 Å². The molecule has 1 atom stereocenters. The Bertz CT molecular complexity index is 205. The largest absolute Gasteiger partial charge is 0.466 e. The molecule has 15 heavy (non-hydrogen) atoms. The molecule has 2 nitrogen and oxygen atoms in total. The first-order valence-electron chi connectivity index (χ1n) is 6.07. The summed E-state index contributed by atoms with van der Waals surface area (Å²) in [5, 5.41) is 0. The number of allylic oxidation sites excluding steroid dienone is 1. The predicted molar refractivity (Wildman–Crippen MR) is 61.5 cm³/mol. The third-order valence-electron chi connectivity index (χ3n) is 3.23. The summed E-state index contributed by atoms with van der Waals surface area (Å²) in [5.74, 6) is 0.558. The van der Waals surface area contributed by atoms with Gasteiger partial charge >= 0.3 is 5.97 Å². The van der Waals surface area contributed by atoms with Gasteiger partial charge in [-0.2, -0.15) is 0 Å². The minimum Gasteiger partial charge on any atom is -0.466 e. The third-order valence-corrected chi connectivity index (χ3v) is 3.23. The second-order valence-corrected chi connectivity index (χ2v) is 4.28. The first kappa shape index (κ1) is 12.3. The van der Waals surface area contributed by atoms with Crippen molar-refractivity contribution in [2.75, 3.05) is 6.61 Å². The molecular formula is C13H22O2. The van der Waals surface area contributed by atoms with Crippen molar-refractivity contribution in [2.45, 2.75) is 45.4 Å². The van der Waals surface area contributed by atoms with Crippen molar-refractivity contribution >= 4 is 5.97 Å². The molecule has 0 aromatic rings. The quantitative estimate of drug-likeness (QED) is 0.514. The second kappa shape index (κ2) is 6.65. The van der Waals surface area contributed by atoms with Gasteiger partial charge in [-0.15, -0.1) is 6.58 Å². The van der Waals surface area contributed by atoms with Crippen LogP contribution in [0.4, 0.5) is 0 Å². The molecule has 1 rings (SSSR count). The summed E-state index contributed by atoms with van der Waals surface area (Å²) in [4.78, 5) is 11.8. The molecule has 2 heteroatoms. The highest BCUT2D eigenvalue weighted by Gasteiger charge is 2.29. The number of hydrogen-bond acceptors (Lipinski definition) is 2. The van der Waals surface area contributed by atoms with Crippen LogP contribution < -0.4 is 0 Å². The first-order valence-corrected chi connectivity index (χ1v) is 6.07. The zero-order valence-corrected chi connectivity index (χ0v) is 9.71. The van der Waals surface area contributed by atoms with E-state index in [4.69, 9.17) is 4.74 Å². The molecule has 0 bridgehead atoms. The van der Waals surface area contributed by atoms with Crippen LogP contribution in [0.2, 0.25) is 0 Å². The number of carbonyl (C=O) groups is 1.